The van der Waals surface area contributed by atoms with E-state index in [1.165, 1.54) is 13.1 Å². The Morgan fingerprint density at radius 1 is 1.14 bits per heavy atom. The summed E-state index contributed by atoms with van der Waals surface area (Å²) in [7, 11) is 0. The van der Waals surface area contributed by atoms with E-state index in [9.17, 15) is 14.4 Å². The molecule has 1 aliphatic carbocycles. The van der Waals surface area contributed by atoms with Crippen LogP contribution >= 0.6 is 11.6 Å². The van der Waals surface area contributed by atoms with Crippen LogP contribution in [0.1, 0.15) is 52.9 Å². The van der Waals surface area contributed by atoms with Gasteiger partial charge in [0, 0.05) is 12.1 Å². The fraction of sp³-hybridized carbons (Fsp3) is 0.600. The van der Waals surface area contributed by atoms with E-state index in [1.54, 1.807) is 12.1 Å². The van der Waals surface area contributed by atoms with Crippen LogP contribution in [-0.2, 0) is 19.1 Å². The topological polar surface area (TPSA) is 97.4 Å². The first-order chi connectivity index (χ1) is 13.3. The van der Waals surface area contributed by atoms with Gasteiger partial charge in [-0.3, -0.25) is 9.59 Å². The zero-order valence-corrected chi connectivity index (χ0v) is 17.3. The lowest BCUT2D eigenvalue weighted by Gasteiger charge is -2.26. The summed E-state index contributed by atoms with van der Waals surface area (Å²) in [4.78, 5) is 41.3. The fourth-order valence-corrected chi connectivity index (χ4v) is 3.22. The van der Waals surface area contributed by atoms with Crippen LogP contribution in [0.25, 0.3) is 0 Å². The van der Waals surface area contributed by atoms with Gasteiger partial charge in [0.1, 0.15) is 11.9 Å². The third-order valence-electron chi connectivity index (χ3n) is 4.84. The highest BCUT2D eigenvalue weighted by atomic mass is 35.5. The van der Waals surface area contributed by atoms with Crippen molar-refractivity contribution in [1.29, 1.82) is 0 Å². The molecule has 1 aromatic rings. The maximum Gasteiger partial charge on any atom is 0.329 e. The second-order valence-electron chi connectivity index (χ2n) is 7.50. The molecule has 0 aromatic carbocycles. The van der Waals surface area contributed by atoms with Gasteiger partial charge in [-0.25, -0.2) is 9.78 Å². The summed E-state index contributed by atoms with van der Waals surface area (Å²) in [6.45, 7) is 5.13. The maximum absolute atomic E-state index is 12.6. The number of anilines is 1. The van der Waals surface area contributed by atoms with E-state index < -0.39 is 24.0 Å². The highest BCUT2D eigenvalue weighted by Gasteiger charge is 2.31. The number of rotatable bonds is 7. The molecule has 1 aliphatic rings. The first-order valence-corrected chi connectivity index (χ1v) is 10.1. The van der Waals surface area contributed by atoms with Crippen molar-refractivity contribution < 1.29 is 19.1 Å². The molecular formula is C20H28ClN3O4. The lowest BCUT2D eigenvalue weighted by atomic mass is 9.88. The predicted octanol–water partition coefficient (Wildman–Crippen LogP) is 3.33. The van der Waals surface area contributed by atoms with Gasteiger partial charge in [-0.05, 0) is 37.8 Å². The standard InChI is InChI=1S/C20H28ClN3O4/c1-12(2)17(24-19(26)14-7-5-4-6-8-14)20(27)28-13(3)18(25)23-16-10-9-15(21)11-22-16/h9-14,17H,4-8H2,1-3H3,(H,24,26)(H,22,23,25)/t13-,17-/m1/s1. The average molecular weight is 410 g/mol. The molecule has 154 valence electrons. The van der Waals surface area contributed by atoms with Crippen LogP contribution in [0.15, 0.2) is 18.3 Å². The number of hydrogen-bond acceptors (Lipinski definition) is 5. The number of carbonyl (C=O) groups is 3. The Morgan fingerprint density at radius 3 is 2.39 bits per heavy atom. The van der Waals surface area contributed by atoms with Gasteiger partial charge in [0.25, 0.3) is 5.91 Å². The van der Waals surface area contributed by atoms with Crippen molar-refractivity contribution in [2.24, 2.45) is 11.8 Å². The van der Waals surface area contributed by atoms with Gasteiger partial charge < -0.3 is 15.4 Å². The van der Waals surface area contributed by atoms with Crippen LogP contribution < -0.4 is 10.6 Å². The Hall–Kier alpha value is -2.15. The van der Waals surface area contributed by atoms with Gasteiger partial charge in [-0.1, -0.05) is 44.7 Å². The number of halogens is 1. The Morgan fingerprint density at radius 2 is 1.82 bits per heavy atom. The molecular weight excluding hydrogens is 382 g/mol. The second-order valence-corrected chi connectivity index (χ2v) is 7.93. The molecule has 0 aliphatic heterocycles. The molecule has 8 heteroatoms. The number of esters is 1. The van der Waals surface area contributed by atoms with Crippen molar-refractivity contribution >= 4 is 35.2 Å². The summed E-state index contributed by atoms with van der Waals surface area (Å²) in [5.74, 6) is -1.15. The molecule has 28 heavy (non-hydrogen) atoms. The van der Waals surface area contributed by atoms with Crippen molar-refractivity contribution in [2.45, 2.75) is 65.0 Å². The molecule has 1 heterocycles. The Bertz CT molecular complexity index is 687. The van der Waals surface area contributed by atoms with Crippen LogP contribution in [0, 0.1) is 11.8 Å². The fourth-order valence-electron chi connectivity index (χ4n) is 3.11. The number of amides is 2. The van der Waals surface area contributed by atoms with E-state index in [2.05, 4.69) is 15.6 Å². The quantitative estimate of drug-likeness (QED) is 0.673. The van der Waals surface area contributed by atoms with E-state index in [0.717, 1.165) is 32.1 Å². The molecule has 7 nitrogen and oxygen atoms in total. The van der Waals surface area contributed by atoms with Crippen LogP contribution in [0.5, 0.6) is 0 Å². The number of nitrogens with zero attached hydrogens (tertiary/aromatic N) is 1. The summed E-state index contributed by atoms with van der Waals surface area (Å²) < 4.78 is 5.30. The first-order valence-electron chi connectivity index (χ1n) is 9.71. The third-order valence-corrected chi connectivity index (χ3v) is 5.06. The normalized spacial score (nSPS) is 16.9. The SMILES string of the molecule is CC(C)[C@@H](NC(=O)C1CCCCC1)C(=O)O[C@H](C)C(=O)Nc1ccc(Cl)cn1. The van der Waals surface area contributed by atoms with Crippen molar-refractivity contribution in [2.75, 3.05) is 5.32 Å². The van der Waals surface area contributed by atoms with Gasteiger partial charge in [0.15, 0.2) is 6.10 Å². The Labute approximate surface area is 170 Å². The van der Waals surface area contributed by atoms with Gasteiger partial charge in [0.05, 0.1) is 5.02 Å². The lowest BCUT2D eigenvalue weighted by Crippen LogP contribution is -2.49. The van der Waals surface area contributed by atoms with E-state index >= 15 is 0 Å². The van der Waals surface area contributed by atoms with Crippen molar-refractivity contribution in [3.63, 3.8) is 0 Å². The number of carbonyl (C=O) groups excluding carboxylic acids is 3. The number of hydrogen-bond donors (Lipinski definition) is 2. The second kappa shape index (κ2) is 10.4. The predicted molar refractivity (Wildman–Crippen MR) is 107 cm³/mol. The molecule has 1 fully saturated rings. The van der Waals surface area contributed by atoms with Crippen LogP contribution in [-0.4, -0.2) is 34.9 Å². The van der Waals surface area contributed by atoms with Gasteiger partial charge in [0.2, 0.25) is 5.91 Å². The van der Waals surface area contributed by atoms with Crippen LogP contribution in [0.4, 0.5) is 5.82 Å². The van der Waals surface area contributed by atoms with Gasteiger partial charge >= 0.3 is 5.97 Å². The molecule has 0 unspecified atom stereocenters. The largest absolute Gasteiger partial charge is 0.451 e. The number of aromatic nitrogens is 1. The molecule has 2 N–H and O–H groups in total. The number of nitrogens with one attached hydrogen (secondary N) is 2. The van der Waals surface area contributed by atoms with Crippen molar-refractivity contribution in [1.82, 2.24) is 10.3 Å². The summed E-state index contributed by atoms with van der Waals surface area (Å²) in [6, 6.07) is 2.35. The van der Waals surface area contributed by atoms with Crippen LogP contribution in [0.2, 0.25) is 5.02 Å². The zero-order valence-electron chi connectivity index (χ0n) is 16.5. The lowest BCUT2D eigenvalue weighted by molar-refractivity contribution is -0.157. The van der Waals surface area contributed by atoms with Gasteiger partial charge in [-0.15, -0.1) is 0 Å². The van der Waals surface area contributed by atoms with Gasteiger partial charge in [-0.2, -0.15) is 0 Å². The minimum absolute atomic E-state index is 0.0560. The Balaban J connectivity index is 1.91. The molecule has 0 radical (unpaired) electrons. The van der Waals surface area contributed by atoms with Crippen molar-refractivity contribution in [3.8, 4) is 0 Å². The molecule has 2 atom stereocenters. The minimum Gasteiger partial charge on any atom is -0.451 e. The molecule has 2 amide bonds. The highest BCUT2D eigenvalue weighted by molar-refractivity contribution is 6.30. The van der Waals surface area contributed by atoms with E-state index in [0.29, 0.717) is 10.8 Å². The summed E-state index contributed by atoms with van der Waals surface area (Å²) in [5, 5.41) is 5.83. The molecule has 0 spiro atoms. The number of ether oxygens (including phenoxy) is 1. The summed E-state index contributed by atoms with van der Waals surface area (Å²) in [5.41, 5.74) is 0. The maximum atomic E-state index is 12.6. The monoisotopic (exact) mass is 409 g/mol. The number of pyridine rings is 1. The van der Waals surface area contributed by atoms with Crippen LogP contribution in [0.3, 0.4) is 0 Å². The van der Waals surface area contributed by atoms with E-state index in [-0.39, 0.29) is 17.7 Å². The third kappa shape index (κ3) is 6.48. The van der Waals surface area contributed by atoms with Crippen molar-refractivity contribution in [3.05, 3.63) is 23.4 Å². The summed E-state index contributed by atoms with van der Waals surface area (Å²) in [6.07, 6.45) is 5.28. The average Bonchev–Trinajstić information content (AvgIpc) is 2.67. The smallest absolute Gasteiger partial charge is 0.329 e. The Kier molecular flexibility index (Phi) is 8.23. The first kappa shape index (κ1) is 22.1. The molecule has 1 saturated carbocycles. The molecule has 1 aromatic heterocycles. The highest BCUT2D eigenvalue weighted by Crippen LogP contribution is 2.24. The molecule has 0 bridgehead atoms. The summed E-state index contributed by atoms with van der Waals surface area (Å²) >= 11 is 5.76. The zero-order chi connectivity index (χ0) is 20.7. The van der Waals surface area contributed by atoms with E-state index in [4.69, 9.17) is 16.3 Å². The molecule has 0 saturated heterocycles. The minimum atomic E-state index is -1.03. The molecule has 2 rings (SSSR count). The van der Waals surface area contributed by atoms with E-state index in [1.807, 2.05) is 13.8 Å².